The molecule has 9 nitrogen and oxygen atoms in total. The Morgan fingerprint density at radius 3 is 2.56 bits per heavy atom. The first-order valence-electron chi connectivity index (χ1n) is 8.17. The van der Waals surface area contributed by atoms with E-state index in [2.05, 4.69) is 15.2 Å². The summed E-state index contributed by atoms with van der Waals surface area (Å²) in [6, 6.07) is 0.160. The van der Waals surface area contributed by atoms with Gasteiger partial charge in [-0.1, -0.05) is 18.0 Å². The number of carbonyl (C=O) groups excluding carboxylic acids is 2. The SMILES string of the molecule is Cc1noc(C)c1S(=O)(=O)NCCC(=O)OCC(=O)NC1CCCC1. The van der Waals surface area contributed by atoms with Crippen LogP contribution in [0.25, 0.3) is 0 Å². The van der Waals surface area contributed by atoms with E-state index in [0.717, 1.165) is 25.7 Å². The zero-order chi connectivity index (χ0) is 18.4. The van der Waals surface area contributed by atoms with Gasteiger partial charge in [0, 0.05) is 12.6 Å². The molecule has 1 fully saturated rings. The van der Waals surface area contributed by atoms with Crippen molar-refractivity contribution in [1.29, 1.82) is 0 Å². The number of carbonyl (C=O) groups is 2. The van der Waals surface area contributed by atoms with E-state index in [4.69, 9.17) is 9.26 Å². The Kier molecular flexibility index (Phi) is 6.54. The third kappa shape index (κ3) is 5.53. The van der Waals surface area contributed by atoms with Crippen molar-refractivity contribution in [2.45, 2.75) is 56.9 Å². The summed E-state index contributed by atoms with van der Waals surface area (Å²) in [4.78, 5) is 23.2. The quantitative estimate of drug-likeness (QED) is 0.637. The average molecular weight is 373 g/mol. The number of aryl methyl sites for hydroxylation is 2. The number of ether oxygens (including phenoxy) is 1. The molecule has 0 bridgehead atoms. The molecule has 25 heavy (non-hydrogen) atoms. The fourth-order valence-corrected chi connectivity index (χ4v) is 4.13. The fourth-order valence-electron chi connectivity index (χ4n) is 2.78. The highest BCUT2D eigenvalue weighted by molar-refractivity contribution is 7.89. The molecule has 10 heteroatoms. The van der Waals surface area contributed by atoms with Crippen molar-refractivity contribution in [2.24, 2.45) is 0 Å². The third-order valence-electron chi connectivity index (χ3n) is 3.94. The minimum absolute atomic E-state index is 0.0307. The maximum atomic E-state index is 12.1. The second-order valence-electron chi connectivity index (χ2n) is 6.01. The van der Waals surface area contributed by atoms with E-state index < -0.39 is 16.0 Å². The smallest absolute Gasteiger partial charge is 0.307 e. The Morgan fingerprint density at radius 2 is 1.96 bits per heavy atom. The van der Waals surface area contributed by atoms with E-state index in [0.29, 0.717) is 0 Å². The first kappa shape index (κ1) is 19.4. The van der Waals surface area contributed by atoms with Crippen molar-refractivity contribution in [3.05, 3.63) is 11.5 Å². The molecule has 140 valence electrons. The van der Waals surface area contributed by atoms with Crippen LogP contribution >= 0.6 is 0 Å². The van der Waals surface area contributed by atoms with Gasteiger partial charge in [0.1, 0.15) is 10.6 Å². The molecule has 2 N–H and O–H groups in total. The van der Waals surface area contributed by atoms with Crippen LogP contribution in [0.2, 0.25) is 0 Å². The summed E-state index contributed by atoms with van der Waals surface area (Å²) >= 11 is 0. The van der Waals surface area contributed by atoms with Crippen LogP contribution in [0.3, 0.4) is 0 Å². The molecule has 0 aliphatic heterocycles. The molecule has 1 amide bonds. The largest absolute Gasteiger partial charge is 0.456 e. The number of rotatable bonds is 8. The van der Waals surface area contributed by atoms with Gasteiger partial charge in [0.2, 0.25) is 10.0 Å². The number of aromatic nitrogens is 1. The Hall–Kier alpha value is -1.94. The van der Waals surface area contributed by atoms with Gasteiger partial charge in [-0.25, -0.2) is 13.1 Å². The van der Waals surface area contributed by atoms with Gasteiger partial charge in [-0.05, 0) is 26.7 Å². The minimum Gasteiger partial charge on any atom is -0.456 e. The van der Waals surface area contributed by atoms with Crippen molar-refractivity contribution in [3.8, 4) is 0 Å². The zero-order valence-electron chi connectivity index (χ0n) is 14.3. The van der Waals surface area contributed by atoms with Crippen molar-refractivity contribution in [3.63, 3.8) is 0 Å². The minimum atomic E-state index is -3.81. The first-order valence-corrected chi connectivity index (χ1v) is 9.65. The summed E-state index contributed by atoms with van der Waals surface area (Å²) in [5.41, 5.74) is 0.246. The summed E-state index contributed by atoms with van der Waals surface area (Å²) in [7, 11) is -3.81. The predicted octanol–water partition coefficient (Wildman–Crippen LogP) is 0.562. The van der Waals surface area contributed by atoms with Gasteiger partial charge in [0.15, 0.2) is 12.4 Å². The van der Waals surface area contributed by atoms with Gasteiger partial charge >= 0.3 is 5.97 Å². The molecule has 0 spiro atoms. The maximum absolute atomic E-state index is 12.1. The molecular weight excluding hydrogens is 350 g/mol. The molecular formula is C15H23N3O6S. The summed E-state index contributed by atoms with van der Waals surface area (Å²) < 4.78 is 36.3. The van der Waals surface area contributed by atoms with E-state index in [1.807, 2.05) is 0 Å². The Bertz CT molecular complexity index is 702. The van der Waals surface area contributed by atoms with Crippen LogP contribution in [0.1, 0.15) is 43.6 Å². The molecule has 1 heterocycles. The number of amides is 1. The van der Waals surface area contributed by atoms with Gasteiger partial charge in [-0.3, -0.25) is 9.59 Å². The lowest BCUT2D eigenvalue weighted by atomic mass is 10.2. The van der Waals surface area contributed by atoms with Crippen molar-refractivity contribution in [1.82, 2.24) is 15.2 Å². The fraction of sp³-hybridized carbons (Fsp3) is 0.667. The number of nitrogens with zero attached hydrogens (tertiary/aromatic N) is 1. The predicted molar refractivity (Wildman–Crippen MR) is 87.1 cm³/mol. The number of esters is 1. The molecule has 2 rings (SSSR count). The summed E-state index contributed by atoms with van der Waals surface area (Å²) in [6.45, 7) is 2.51. The van der Waals surface area contributed by atoms with Crippen molar-refractivity contribution >= 4 is 21.9 Å². The van der Waals surface area contributed by atoms with E-state index >= 15 is 0 Å². The highest BCUT2D eigenvalue weighted by Gasteiger charge is 2.24. The van der Waals surface area contributed by atoms with Gasteiger partial charge in [-0.2, -0.15) is 0 Å². The van der Waals surface area contributed by atoms with Crippen molar-refractivity contribution in [2.75, 3.05) is 13.2 Å². The average Bonchev–Trinajstić information content (AvgIpc) is 3.15. The zero-order valence-corrected chi connectivity index (χ0v) is 15.1. The molecule has 1 aliphatic carbocycles. The molecule has 1 saturated carbocycles. The topological polar surface area (TPSA) is 128 Å². The van der Waals surface area contributed by atoms with Crippen LogP contribution in [0.5, 0.6) is 0 Å². The monoisotopic (exact) mass is 373 g/mol. The molecule has 1 aromatic rings. The van der Waals surface area contributed by atoms with Crippen LogP contribution in [0.15, 0.2) is 9.42 Å². The number of hydrogen-bond acceptors (Lipinski definition) is 7. The van der Waals surface area contributed by atoms with Crippen LogP contribution in [0, 0.1) is 13.8 Å². The van der Waals surface area contributed by atoms with E-state index in [1.165, 1.54) is 13.8 Å². The van der Waals surface area contributed by atoms with E-state index in [9.17, 15) is 18.0 Å². The molecule has 1 aromatic heterocycles. The lowest BCUT2D eigenvalue weighted by molar-refractivity contribution is -0.148. The second kappa shape index (κ2) is 8.43. The lowest BCUT2D eigenvalue weighted by Crippen LogP contribution is -2.36. The van der Waals surface area contributed by atoms with E-state index in [-0.39, 0.29) is 47.9 Å². The highest BCUT2D eigenvalue weighted by atomic mass is 32.2. The van der Waals surface area contributed by atoms with Crippen LogP contribution < -0.4 is 10.0 Å². The Morgan fingerprint density at radius 1 is 1.28 bits per heavy atom. The van der Waals surface area contributed by atoms with E-state index in [1.54, 1.807) is 0 Å². The maximum Gasteiger partial charge on any atom is 0.307 e. The van der Waals surface area contributed by atoms with Gasteiger partial charge in [0.05, 0.1) is 6.42 Å². The normalized spacial score (nSPS) is 15.3. The standard InChI is InChI=1S/C15H23N3O6S/c1-10-15(11(2)24-18-10)25(21,22)16-8-7-14(20)23-9-13(19)17-12-5-3-4-6-12/h12,16H,3-9H2,1-2H3,(H,17,19). The highest BCUT2D eigenvalue weighted by Crippen LogP contribution is 2.18. The molecule has 0 atom stereocenters. The molecule has 1 aliphatic rings. The Balaban J connectivity index is 1.70. The van der Waals surface area contributed by atoms with Gasteiger partial charge in [0.25, 0.3) is 5.91 Å². The van der Waals surface area contributed by atoms with Crippen LogP contribution in [-0.2, 0) is 24.3 Å². The molecule has 0 unspecified atom stereocenters. The summed E-state index contributed by atoms with van der Waals surface area (Å²) in [6.07, 6.45) is 3.90. The van der Waals surface area contributed by atoms with Gasteiger partial charge < -0.3 is 14.6 Å². The van der Waals surface area contributed by atoms with Crippen LogP contribution in [-0.4, -0.2) is 44.6 Å². The number of sulfonamides is 1. The van der Waals surface area contributed by atoms with Crippen LogP contribution in [0.4, 0.5) is 0 Å². The molecule has 0 radical (unpaired) electrons. The molecule has 0 aromatic carbocycles. The number of nitrogens with one attached hydrogen (secondary N) is 2. The second-order valence-corrected chi connectivity index (χ2v) is 7.71. The third-order valence-corrected chi connectivity index (χ3v) is 5.65. The lowest BCUT2D eigenvalue weighted by Gasteiger charge is -2.12. The van der Waals surface area contributed by atoms with Gasteiger partial charge in [-0.15, -0.1) is 0 Å². The summed E-state index contributed by atoms with van der Waals surface area (Å²) in [5, 5.41) is 6.39. The molecule has 0 saturated heterocycles. The summed E-state index contributed by atoms with van der Waals surface area (Å²) in [5.74, 6) is -0.809. The van der Waals surface area contributed by atoms with Crippen molar-refractivity contribution < 1.29 is 27.3 Å². The Labute approximate surface area is 146 Å². The first-order chi connectivity index (χ1) is 11.8. The number of hydrogen-bond donors (Lipinski definition) is 2.